The molecule has 2 rings (SSSR count). The Morgan fingerprint density at radius 1 is 1.35 bits per heavy atom. The number of benzene rings is 1. The van der Waals surface area contributed by atoms with Crippen LogP contribution >= 0.6 is 0 Å². The minimum atomic E-state index is -0.630. The molecule has 1 heterocycles. The first-order chi connectivity index (χ1) is 9.56. The highest BCUT2D eigenvalue weighted by molar-refractivity contribution is 5.31. The lowest BCUT2D eigenvalue weighted by Gasteiger charge is -2.17. The maximum atomic E-state index is 13.9. The summed E-state index contributed by atoms with van der Waals surface area (Å²) in [5.41, 5.74) is 7.55. The molecular weight excluding hydrogens is 264 g/mol. The molecule has 108 valence electrons. The maximum Gasteiger partial charge on any atom is 0.130 e. The molecule has 0 saturated carbocycles. The first-order valence-corrected chi connectivity index (χ1v) is 6.37. The van der Waals surface area contributed by atoms with Gasteiger partial charge in [-0.2, -0.15) is 5.10 Å². The van der Waals surface area contributed by atoms with Crippen LogP contribution in [0.4, 0.5) is 8.78 Å². The first kappa shape index (κ1) is 14.6. The van der Waals surface area contributed by atoms with E-state index >= 15 is 0 Å². The summed E-state index contributed by atoms with van der Waals surface area (Å²) in [6.45, 7) is 2.21. The predicted octanol–water partition coefficient (Wildman–Crippen LogP) is 1.55. The van der Waals surface area contributed by atoms with Crippen LogP contribution in [0.5, 0.6) is 0 Å². The smallest absolute Gasteiger partial charge is 0.130 e. The molecule has 0 amide bonds. The Bertz CT molecular complexity index is 598. The van der Waals surface area contributed by atoms with Gasteiger partial charge in [0, 0.05) is 24.2 Å². The quantitative estimate of drug-likeness (QED) is 0.874. The molecule has 1 atom stereocenters. The van der Waals surface area contributed by atoms with E-state index in [9.17, 15) is 8.78 Å². The minimum Gasteiger partial charge on any atom is -0.394 e. The van der Waals surface area contributed by atoms with Crippen molar-refractivity contribution in [3.63, 3.8) is 0 Å². The predicted molar refractivity (Wildman–Crippen MR) is 71.3 cm³/mol. The van der Waals surface area contributed by atoms with Crippen molar-refractivity contribution < 1.29 is 13.9 Å². The van der Waals surface area contributed by atoms with E-state index in [0.717, 1.165) is 11.8 Å². The van der Waals surface area contributed by atoms with E-state index in [0.29, 0.717) is 17.8 Å². The van der Waals surface area contributed by atoms with E-state index in [4.69, 9.17) is 10.8 Å². The van der Waals surface area contributed by atoms with Crippen LogP contribution in [0.15, 0.2) is 24.3 Å². The summed E-state index contributed by atoms with van der Waals surface area (Å²) in [6, 6.07) is 5.25. The van der Waals surface area contributed by atoms with Crippen molar-refractivity contribution in [1.29, 1.82) is 0 Å². The Balaban J connectivity index is 2.46. The zero-order chi connectivity index (χ0) is 14.7. The summed E-state index contributed by atoms with van der Waals surface area (Å²) in [7, 11) is 0. The SMILES string of the molecule is Cc1cc(C(CN)c2ccc(F)cc2F)n(CCO)n1. The number of hydrogen-bond donors (Lipinski definition) is 2. The van der Waals surface area contributed by atoms with Crippen molar-refractivity contribution in [2.45, 2.75) is 19.4 Å². The number of hydrogen-bond acceptors (Lipinski definition) is 3. The van der Waals surface area contributed by atoms with Gasteiger partial charge >= 0.3 is 0 Å². The van der Waals surface area contributed by atoms with Gasteiger partial charge in [0.25, 0.3) is 0 Å². The number of aliphatic hydroxyl groups is 1. The number of aryl methyl sites for hydroxylation is 1. The largest absolute Gasteiger partial charge is 0.394 e. The van der Waals surface area contributed by atoms with Crippen molar-refractivity contribution in [3.8, 4) is 0 Å². The average molecular weight is 281 g/mol. The van der Waals surface area contributed by atoms with Gasteiger partial charge in [0.2, 0.25) is 0 Å². The van der Waals surface area contributed by atoms with Crippen LogP contribution in [0.1, 0.15) is 22.9 Å². The van der Waals surface area contributed by atoms with Crippen molar-refractivity contribution >= 4 is 0 Å². The van der Waals surface area contributed by atoms with E-state index < -0.39 is 17.6 Å². The first-order valence-electron chi connectivity index (χ1n) is 6.37. The molecule has 4 nitrogen and oxygen atoms in total. The Morgan fingerprint density at radius 3 is 2.70 bits per heavy atom. The molecule has 1 aromatic carbocycles. The minimum absolute atomic E-state index is 0.0721. The second kappa shape index (κ2) is 6.11. The Kier molecular flexibility index (Phi) is 4.46. The number of aromatic nitrogens is 2. The van der Waals surface area contributed by atoms with E-state index in [-0.39, 0.29) is 13.2 Å². The van der Waals surface area contributed by atoms with Crippen LogP contribution in [-0.4, -0.2) is 28.0 Å². The molecule has 3 N–H and O–H groups in total. The number of halogens is 2. The van der Waals surface area contributed by atoms with E-state index in [1.54, 1.807) is 10.7 Å². The molecule has 0 aliphatic carbocycles. The molecule has 0 spiro atoms. The topological polar surface area (TPSA) is 64.1 Å². The third-order valence-electron chi connectivity index (χ3n) is 3.18. The molecule has 0 radical (unpaired) electrons. The second-order valence-corrected chi connectivity index (χ2v) is 4.61. The van der Waals surface area contributed by atoms with Gasteiger partial charge in [0.05, 0.1) is 18.8 Å². The average Bonchev–Trinajstić information content (AvgIpc) is 2.74. The molecule has 0 aliphatic rings. The lowest BCUT2D eigenvalue weighted by atomic mass is 9.94. The van der Waals surface area contributed by atoms with Crippen LogP contribution in [-0.2, 0) is 6.54 Å². The summed E-state index contributed by atoms with van der Waals surface area (Å²) in [6.07, 6.45) is 0. The highest BCUT2D eigenvalue weighted by atomic mass is 19.1. The van der Waals surface area contributed by atoms with Crippen LogP contribution in [0, 0.1) is 18.6 Å². The fourth-order valence-electron chi connectivity index (χ4n) is 2.31. The van der Waals surface area contributed by atoms with Crippen LogP contribution < -0.4 is 5.73 Å². The highest BCUT2D eigenvalue weighted by Gasteiger charge is 2.21. The summed E-state index contributed by atoms with van der Waals surface area (Å²) in [4.78, 5) is 0. The van der Waals surface area contributed by atoms with E-state index in [2.05, 4.69) is 5.10 Å². The van der Waals surface area contributed by atoms with E-state index in [1.165, 1.54) is 12.1 Å². The van der Waals surface area contributed by atoms with Crippen LogP contribution in [0.2, 0.25) is 0 Å². The van der Waals surface area contributed by atoms with Crippen LogP contribution in [0.3, 0.4) is 0 Å². The van der Waals surface area contributed by atoms with Crippen molar-refractivity contribution in [3.05, 3.63) is 52.9 Å². The van der Waals surface area contributed by atoms with Gasteiger partial charge < -0.3 is 10.8 Å². The molecule has 0 bridgehead atoms. The third kappa shape index (κ3) is 2.86. The maximum absolute atomic E-state index is 13.9. The lowest BCUT2D eigenvalue weighted by Crippen LogP contribution is -2.20. The standard InChI is InChI=1S/C14H17F2N3O/c1-9-6-14(19(18-9)4-5-20)12(8-17)11-3-2-10(15)7-13(11)16/h2-3,6-7,12,20H,4-5,8,17H2,1H3. The molecule has 0 saturated heterocycles. The lowest BCUT2D eigenvalue weighted by molar-refractivity contribution is 0.266. The zero-order valence-electron chi connectivity index (χ0n) is 11.2. The summed E-state index contributed by atoms with van der Waals surface area (Å²) in [5, 5.41) is 13.3. The molecule has 1 unspecified atom stereocenters. The molecule has 2 aromatic rings. The van der Waals surface area contributed by atoms with Gasteiger partial charge in [-0.05, 0) is 24.6 Å². The molecule has 0 aliphatic heterocycles. The summed E-state index contributed by atoms with van der Waals surface area (Å²) >= 11 is 0. The molecule has 20 heavy (non-hydrogen) atoms. The monoisotopic (exact) mass is 281 g/mol. The van der Waals surface area contributed by atoms with Crippen molar-refractivity contribution in [2.75, 3.05) is 13.2 Å². The second-order valence-electron chi connectivity index (χ2n) is 4.61. The number of nitrogens with two attached hydrogens (primary N) is 1. The Hall–Kier alpha value is -1.79. The van der Waals surface area contributed by atoms with Crippen LogP contribution in [0.25, 0.3) is 0 Å². The summed E-state index contributed by atoms with van der Waals surface area (Å²) < 4.78 is 28.5. The number of aliphatic hydroxyl groups excluding tert-OH is 1. The van der Waals surface area contributed by atoms with Gasteiger partial charge in [-0.3, -0.25) is 4.68 Å². The van der Waals surface area contributed by atoms with Gasteiger partial charge in [-0.15, -0.1) is 0 Å². The number of rotatable bonds is 5. The van der Waals surface area contributed by atoms with Gasteiger partial charge in [0.1, 0.15) is 11.6 Å². The Labute approximate surface area is 115 Å². The van der Waals surface area contributed by atoms with Crippen molar-refractivity contribution in [1.82, 2.24) is 9.78 Å². The summed E-state index contributed by atoms with van der Waals surface area (Å²) in [5.74, 6) is -1.68. The molecule has 6 heteroatoms. The molecular formula is C14H17F2N3O. The van der Waals surface area contributed by atoms with Crippen molar-refractivity contribution in [2.24, 2.45) is 5.73 Å². The number of nitrogens with zero attached hydrogens (tertiary/aromatic N) is 2. The molecule has 0 fully saturated rings. The fraction of sp³-hybridized carbons (Fsp3) is 0.357. The third-order valence-corrected chi connectivity index (χ3v) is 3.18. The Morgan fingerprint density at radius 2 is 2.10 bits per heavy atom. The normalized spacial score (nSPS) is 12.7. The molecule has 1 aromatic heterocycles. The van der Waals surface area contributed by atoms with E-state index in [1.807, 2.05) is 6.92 Å². The van der Waals surface area contributed by atoms with Gasteiger partial charge in [0.15, 0.2) is 0 Å². The van der Waals surface area contributed by atoms with Gasteiger partial charge in [-0.25, -0.2) is 8.78 Å². The highest BCUT2D eigenvalue weighted by Crippen LogP contribution is 2.27. The fourth-order valence-corrected chi connectivity index (χ4v) is 2.31. The van der Waals surface area contributed by atoms with Gasteiger partial charge in [-0.1, -0.05) is 6.07 Å². The zero-order valence-corrected chi connectivity index (χ0v) is 11.2.